The predicted molar refractivity (Wildman–Crippen MR) is 97.5 cm³/mol. The summed E-state index contributed by atoms with van der Waals surface area (Å²) in [7, 11) is 0. The Morgan fingerprint density at radius 2 is 1.96 bits per heavy atom. The Bertz CT molecular complexity index is 826. The standard InChI is InChI=1S/C19H20ClFN2O3/c1-12(2)10-23-19(20)16(13(3)22-23)8-9-18(25)26-11-17(24)14-4-6-15(21)7-5-14/h4-9,12H,10-11H2,1-3H3/b9-8+. The molecule has 26 heavy (non-hydrogen) atoms. The first kappa shape index (κ1) is 19.8. The van der Waals surface area contributed by atoms with Crippen LogP contribution in [0.4, 0.5) is 4.39 Å². The van der Waals surface area contributed by atoms with Crippen LogP contribution in [0.5, 0.6) is 0 Å². The number of Topliss-reactive ketones (excluding diaryl/α,β-unsaturated/α-hetero) is 1. The molecule has 1 heterocycles. The Morgan fingerprint density at radius 3 is 2.58 bits per heavy atom. The number of hydrogen-bond donors (Lipinski definition) is 0. The van der Waals surface area contributed by atoms with Crippen LogP contribution in [0.25, 0.3) is 6.08 Å². The number of ketones is 1. The first-order valence-corrected chi connectivity index (χ1v) is 8.52. The van der Waals surface area contributed by atoms with Crippen molar-refractivity contribution in [1.29, 1.82) is 0 Å². The summed E-state index contributed by atoms with van der Waals surface area (Å²) in [6.45, 7) is 6.15. The van der Waals surface area contributed by atoms with E-state index in [1.165, 1.54) is 36.4 Å². The van der Waals surface area contributed by atoms with Crippen LogP contribution in [-0.2, 0) is 16.1 Å². The Hall–Kier alpha value is -2.47. The molecule has 0 unspecified atom stereocenters. The average Bonchev–Trinajstić information content (AvgIpc) is 2.84. The zero-order chi connectivity index (χ0) is 19.3. The highest BCUT2D eigenvalue weighted by molar-refractivity contribution is 6.31. The van der Waals surface area contributed by atoms with E-state index < -0.39 is 24.2 Å². The quantitative estimate of drug-likeness (QED) is 0.414. The smallest absolute Gasteiger partial charge is 0.331 e. The number of halogens is 2. The molecule has 0 atom stereocenters. The molecule has 0 bridgehead atoms. The molecule has 0 aliphatic rings. The van der Waals surface area contributed by atoms with E-state index in [1.807, 2.05) is 0 Å². The van der Waals surface area contributed by atoms with E-state index in [1.54, 1.807) is 11.6 Å². The number of aryl methyl sites for hydroxylation is 1. The SMILES string of the molecule is Cc1nn(CC(C)C)c(Cl)c1/C=C/C(=O)OCC(=O)c1ccc(F)cc1. The molecule has 2 aromatic rings. The lowest BCUT2D eigenvalue weighted by Gasteiger charge is -2.05. The lowest BCUT2D eigenvalue weighted by Crippen LogP contribution is -2.12. The van der Waals surface area contributed by atoms with Gasteiger partial charge in [-0.15, -0.1) is 0 Å². The van der Waals surface area contributed by atoms with Gasteiger partial charge >= 0.3 is 5.97 Å². The molecule has 0 fully saturated rings. The van der Waals surface area contributed by atoms with E-state index in [4.69, 9.17) is 16.3 Å². The molecule has 0 aliphatic heterocycles. The molecule has 0 amide bonds. The maximum atomic E-state index is 12.8. The van der Waals surface area contributed by atoms with Gasteiger partial charge in [-0.1, -0.05) is 25.4 Å². The summed E-state index contributed by atoms with van der Waals surface area (Å²) in [5.41, 5.74) is 1.60. The summed E-state index contributed by atoms with van der Waals surface area (Å²) in [6.07, 6.45) is 2.72. The Labute approximate surface area is 156 Å². The highest BCUT2D eigenvalue weighted by atomic mass is 35.5. The van der Waals surface area contributed by atoms with Gasteiger partial charge in [0.05, 0.1) is 5.69 Å². The second kappa shape index (κ2) is 8.76. The first-order valence-electron chi connectivity index (χ1n) is 8.14. The maximum Gasteiger partial charge on any atom is 0.331 e. The summed E-state index contributed by atoms with van der Waals surface area (Å²) in [6, 6.07) is 5.03. The van der Waals surface area contributed by atoms with Gasteiger partial charge in [0.15, 0.2) is 12.4 Å². The van der Waals surface area contributed by atoms with Crippen molar-refractivity contribution in [2.24, 2.45) is 5.92 Å². The van der Waals surface area contributed by atoms with Gasteiger partial charge in [-0.25, -0.2) is 9.18 Å². The van der Waals surface area contributed by atoms with E-state index in [0.29, 0.717) is 28.9 Å². The van der Waals surface area contributed by atoms with Crippen molar-refractivity contribution >= 4 is 29.4 Å². The normalized spacial score (nSPS) is 11.3. The molecule has 0 N–H and O–H groups in total. The average molecular weight is 379 g/mol. The minimum absolute atomic E-state index is 0.275. The minimum Gasteiger partial charge on any atom is -0.454 e. The second-order valence-electron chi connectivity index (χ2n) is 6.24. The molecule has 5 nitrogen and oxygen atoms in total. The molecule has 7 heteroatoms. The topological polar surface area (TPSA) is 61.2 Å². The first-order chi connectivity index (χ1) is 12.3. The molecule has 0 aliphatic carbocycles. The van der Waals surface area contributed by atoms with Crippen molar-refractivity contribution < 1.29 is 18.7 Å². The Kier molecular flexibility index (Phi) is 6.69. The van der Waals surface area contributed by atoms with E-state index in [-0.39, 0.29) is 5.56 Å². The zero-order valence-electron chi connectivity index (χ0n) is 14.8. The van der Waals surface area contributed by atoms with E-state index >= 15 is 0 Å². The highest BCUT2D eigenvalue weighted by Gasteiger charge is 2.13. The number of rotatable bonds is 7. The van der Waals surface area contributed by atoms with Crippen LogP contribution in [0.2, 0.25) is 5.15 Å². The fourth-order valence-corrected chi connectivity index (χ4v) is 2.59. The van der Waals surface area contributed by atoms with Crippen molar-refractivity contribution in [2.45, 2.75) is 27.3 Å². The van der Waals surface area contributed by atoms with Gasteiger partial charge in [-0.3, -0.25) is 9.48 Å². The molecule has 0 saturated heterocycles. The molecule has 2 rings (SSSR count). The number of carbonyl (C=O) groups excluding carboxylic acids is 2. The number of ether oxygens (including phenoxy) is 1. The largest absolute Gasteiger partial charge is 0.454 e. The summed E-state index contributed by atoms with van der Waals surface area (Å²) < 4.78 is 19.4. The van der Waals surface area contributed by atoms with Gasteiger partial charge in [0, 0.05) is 23.7 Å². The molecular weight excluding hydrogens is 359 g/mol. The minimum atomic E-state index is -0.674. The number of nitrogens with zero attached hydrogens (tertiary/aromatic N) is 2. The zero-order valence-corrected chi connectivity index (χ0v) is 15.6. The third kappa shape index (κ3) is 5.26. The Balaban J connectivity index is 1.96. The highest BCUT2D eigenvalue weighted by Crippen LogP contribution is 2.22. The number of carbonyl (C=O) groups is 2. The van der Waals surface area contributed by atoms with Crippen molar-refractivity contribution in [3.05, 3.63) is 58.1 Å². The molecule has 0 radical (unpaired) electrons. The monoisotopic (exact) mass is 378 g/mol. The lowest BCUT2D eigenvalue weighted by atomic mass is 10.1. The Morgan fingerprint density at radius 1 is 1.31 bits per heavy atom. The summed E-state index contributed by atoms with van der Waals surface area (Å²) >= 11 is 6.29. The molecule has 1 aromatic carbocycles. The summed E-state index contributed by atoms with van der Waals surface area (Å²) in [5.74, 6) is -1.14. The predicted octanol–water partition coefficient (Wildman–Crippen LogP) is 4.08. The van der Waals surface area contributed by atoms with Crippen molar-refractivity contribution in [1.82, 2.24) is 9.78 Å². The van der Waals surface area contributed by atoms with Crippen molar-refractivity contribution in [3.8, 4) is 0 Å². The summed E-state index contributed by atoms with van der Waals surface area (Å²) in [4.78, 5) is 23.7. The molecular formula is C19H20ClFN2O3. The van der Waals surface area contributed by atoms with Gasteiger partial charge in [0.25, 0.3) is 0 Å². The van der Waals surface area contributed by atoms with E-state index in [0.717, 1.165) is 0 Å². The number of esters is 1. The lowest BCUT2D eigenvalue weighted by molar-refractivity contribution is -0.136. The molecule has 0 spiro atoms. The van der Waals surface area contributed by atoms with Gasteiger partial charge < -0.3 is 4.74 Å². The fraction of sp³-hybridized carbons (Fsp3) is 0.316. The molecule has 0 saturated carbocycles. The van der Waals surface area contributed by atoms with Gasteiger partial charge in [-0.05, 0) is 43.2 Å². The van der Waals surface area contributed by atoms with E-state index in [9.17, 15) is 14.0 Å². The molecule has 1 aromatic heterocycles. The third-order valence-corrected chi connectivity index (χ3v) is 3.94. The van der Waals surface area contributed by atoms with Crippen LogP contribution in [0.3, 0.4) is 0 Å². The maximum absolute atomic E-state index is 12.8. The molecule has 138 valence electrons. The number of benzene rings is 1. The van der Waals surface area contributed by atoms with Gasteiger partial charge in [0.1, 0.15) is 11.0 Å². The van der Waals surface area contributed by atoms with Gasteiger partial charge in [-0.2, -0.15) is 5.10 Å². The van der Waals surface area contributed by atoms with Crippen LogP contribution in [0, 0.1) is 18.7 Å². The third-order valence-electron chi connectivity index (χ3n) is 3.55. The van der Waals surface area contributed by atoms with E-state index in [2.05, 4.69) is 18.9 Å². The van der Waals surface area contributed by atoms with Crippen LogP contribution in [0.15, 0.2) is 30.3 Å². The van der Waals surface area contributed by atoms with Gasteiger partial charge in [0.2, 0.25) is 0 Å². The van der Waals surface area contributed by atoms with Crippen molar-refractivity contribution in [3.63, 3.8) is 0 Å². The van der Waals surface area contributed by atoms with Crippen LogP contribution in [-0.4, -0.2) is 28.1 Å². The van der Waals surface area contributed by atoms with Crippen LogP contribution >= 0.6 is 11.6 Å². The second-order valence-corrected chi connectivity index (χ2v) is 6.59. The van der Waals surface area contributed by atoms with Crippen molar-refractivity contribution in [2.75, 3.05) is 6.61 Å². The fourth-order valence-electron chi connectivity index (χ4n) is 2.28. The number of aromatic nitrogens is 2. The van der Waals surface area contributed by atoms with Crippen LogP contribution in [0.1, 0.15) is 35.5 Å². The number of hydrogen-bond acceptors (Lipinski definition) is 4. The van der Waals surface area contributed by atoms with Crippen LogP contribution < -0.4 is 0 Å². The summed E-state index contributed by atoms with van der Waals surface area (Å²) in [5, 5.41) is 4.79.